The van der Waals surface area contributed by atoms with Crippen LogP contribution in [0.1, 0.15) is 26.7 Å². The molecule has 0 aliphatic heterocycles. The van der Waals surface area contributed by atoms with Gasteiger partial charge in [-0.15, -0.1) is 0 Å². The van der Waals surface area contributed by atoms with E-state index in [0.29, 0.717) is 13.0 Å². The van der Waals surface area contributed by atoms with Gasteiger partial charge in [0.05, 0.1) is 6.61 Å². The first kappa shape index (κ1) is 16.0. The largest absolute Gasteiger partial charge is 0.466 e. The van der Waals surface area contributed by atoms with Gasteiger partial charge in [-0.25, -0.2) is 0 Å². The summed E-state index contributed by atoms with van der Waals surface area (Å²) in [5.74, 6) is 5.21. The fraction of sp³-hybridized carbons (Fsp3) is 0.429. The molecule has 0 fully saturated rings. The normalized spacial score (nSPS) is 10.1. The van der Waals surface area contributed by atoms with Crippen LogP contribution in [0.25, 0.3) is 0 Å². The first-order valence-corrected chi connectivity index (χ1v) is 5.69. The number of rotatable bonds is 6. The Balaban J connectivity index is 3.51. The summed E-state index contributed by atoms with van der Waals surface area (Å²) in [6.07, 6.45) is 8.38. The standard InChI is InChI=1S/C14H18O4/c1-13(15)17-11-9-7-5-3-4-6-8-10-12-18-14(2)16/h3,5,7,9H,8,10-12H2,1-2H3. The molecular formula is C14H18O4. The van der Waals surface area contributed by atoms with E-state index in [1.54, 1.807) is 24.3 Å². The first-order valence-electron chi connectivity index (χ1n) is 5.69. The van der Waals surface area contributed by atoms with Crippen molar-refractivity contribution in [3.05, 3.63) is 24.3 Å². The minimum absolute atomic E-state index is 0.263. The summed E-state index contributed by atoms with van der Waals surface area (Å²) in [6.45, 7) is 3.44. The van der Waals surface area contributed by atoms with Crippen LogP contribution in [0.5, 0.6) is 0 Å². The van der Waals surface area contributed by atoms with Crippen molar-refractivity contribution in [3.63, 3.8) is 0 Å². The van der Waals surface area contributed by atoms with E-state index in [0.717, 1.165) is 6.42 Å². The van der Waals surface area contributed by atoms with E-state index in [1.165, 1.54) is 13.8 Å². The molecule has 0 unspecified atom stereocenters. The van der Waals surface area contributed by atoms with Crippen LogP contribution in [0.3, 0.4) is 0 Å². The second-order valence-corrected chi connectivity index (χ2v) is 3.35. The molecule has 4 heteroatoms. The SMILES string of the molecule is CC(=O)OCC=CC=CC#CCCCOC(C)=O. The van der Waals surface area contributed by atoms with Gasteiger partial charge in [-0.2, -0.15) is 0 Å². The van der Waals surface area contributed by atoms with Crippen molar-refractivity contribution in [1.82, 2.24) is 0 Å². The number of unbranched alkanes of at least 4 members (excludes halogenated alkanes) is 1. The van der Waals surface area contributed by atoms with Crippen molar-refractivity contribution in [2.24, 2.45) is 0 Å². The minimum Gasteiger partial charge on any atom is -0.466 e. The van der Waals surface area contributed by atoms with Gasteiger partial charge in [-0.3, -0.25) is 9.59 Å². The zero-order valence-corrected chi connectivity index (χ0v) is 10.8. The van der Waals surface area contributed by atoms with Gasteiger partial charge >= 0.3 is 11.9 Å². The molecule has 0 amide bonds. The van der Waals surface area contributed by atoms with Crippen molar-refractivity contribution >= 4 is 11.9 Å². The number of hydrogen-bond acceptors (Lipinski definition) is 4. The van der Waals surface area contributed by atoms with E-state index in [-0.39, 0.29) is 18.5 Å². The summed E-state index contributed by atoms with van der Waals surface area (Å²) in [7, 11) is 0. The van der Waals surface area contributed by atoms with Gasteiger partial charge in [-0.05, 0) is 18.6 Å². The Kier molecular flexibility index (Phi) is 10.2. The maximum atomic E-state index is 10.4. The van der Waals surface area contributed by atoms with Crippen LogP contribution in [-0.2, 0) is 19.1 Å². The molecule has 0 aliphatic rings. The van der Waals surface area contributed by atoms with Gasteiger partial charge in [0, 0.05) is 20.3 Å². The quantitative estimate of drug-likeness (QED) is 0.313. The molecular weight excluding hydrogens is 232 g/mol. The van der Waals surface area contributed by atoms with Gasteiger partial charge in [0.25, 0.3) is 0 Å². The van der Waals surface area contributed by atoms with E-state index < -0.39 is 0 Å². The summed E-state index contributed by atoms with van der Waals surface area (Å²) in [4.78, 5) is 20.9. The Morgan fingerprint density at radius 3 is 2.50 bits per heavy atom. The van der Waals surface area contributed by atoms with Crippen LogP contribution < -0.4 is 0 Å². The number of hydrogen-bond donors (Lipinski definition) is 0. The predicted octanol–water partition coefficient (Wildman–Crippen LogP) is 2.01. The molecule has 0 aromatic heterocycles. The lowest BCUT2D eigenvalue weighted by molar-refractivity contribution is -0.141. The molecule has 0 aliphatic carbocycles. The first-order chi connectivity index (χ1) is 8.63. The van der Waals surface area contributed by atoms with Gasteiger partial charge in [0.1, 0.15) is 6.61 Å². The lowest BCUT2D eigenvalue weighted by Gasteiger charge is -1.96. The summed E-state index contributed by atoms with van der Waals surface area (Å²) in [5, 5.41) is 0. The molecule has 0 saturated heterocycles. The molecule has 4 nitrogen and oxygen atoms in total. The third-order valence-corrected chi connectivity index (χ3v) is 1.66. The van der Waals surface area contributed by atoms with Gasteiger partial charge in [0.15, 0.2) is 0 Å². The summed E-state index contributed by atoms with van der Waals surface area (Å²) >= 11 is 0. The highest BCUT2D eigenvalue weighted by molar-refractivity contribution is 5.66. The highest BCUT2D eigenvalue weighted by Crippen LogP contribution is 1.88. The Bertz CT molecular complexity index is 369. The number of carbonyl (C=O) groups is 2. The smallest absolute Gasteiger partial charge is 0.302 e. The average Bonchev–Trinajstić information content (AvgIpc) is 2.29. The molecule has 0 radical (unpaired) electrons. The third kappa shape index (κ3) is 14.0. The Morgan fingerprint density at radius 1 is 1.11 bits per heavy atom. The maximum absolute atomic E-state index is 10.4. The van der Waals surface area contributed by atoms with Gasteiger partial charge in [-0.1, -0.05) is 24.0 Å². The van der Waals surface area contributed by atoms with Crippen LogP contribution in [0.4, 0.5) is 0 Å². The summed E-state index contributed by atoms with van der Waals surface area (Å²) in [6, 6.07) is 0. The molecule has 0 aromatic rings. The molecule has 0 saturated carbocycles. The monoisotopic (exact) mass is 250 g/mol. The molecule has 0 spiro atoms. The van der Waals surface area contributed by atoms with Crippen molar-refractivity contribution < 1.29 is 19.1 Å². The molecule has 0 aromatic carbocycles. The predicted molar refractivity (Wildman–Crippen MR) is 68.6 cm³/mol. The maximum Gasteiger partial charge on any atom is 0.302 e. The topological polar surface area (TPSA) is 52.6 Å². The molecule has 0 atom stereocenters. The second kappa shape index (κ2) is 11.5. The van der Waals surface area contributed by atoms with Crippen molar-refractivity contribution in [3.8, 4) is 11.8 Å². The van der Waals surface area contributed by atoms with Crippen LogP contribution in [0, 0.1) is 11.8 Å². The number of esters is 2. The van der Waals surface area contributed by atoms with E-state index in [9.17, 15) is 9.59 Å². The van der Waals surface area contributed by atoms with Crippen LogP contribution in [0.15, 0.2) is 24.3 Å². The number of carbonyl (C=O) groups excluding carboxylic acids is 2. The van der Waals surface area contributed by atoms with Crippen LogP contribution in [-0.4, -0.2) is 25.2 Å². The lowest BCUT2D eigenvalue weighted by Crippen LogP contribution is -1.99. The molecule has 0 bridgehead atoms. The minimum atomic E-state index is -0.295. The van der Waals surface area contributed by atoms with E-state index in [2.05, 4.69) is 11.8 Å². The average molecular weight is 250 g/mol. The molecule has 0 heterocycles. The van der Waals surface area contributed by atoms with Gasteiger partial charge < -0.3 is 9.47 Å². The summed E-state index contributed by atoms with van der Waals surface area (Å²) < 4.78 is 9.45. The summed E-state index contributed by atoms with van der Waals surface area (Å²) in [5.41, 5.74) is 0. The van der Waals surface area contributed by atoms with Crippen LogP contribution >= 0.6 is 0 Å². The highest BCUT2D eigenvalue weighted by atomic mass is 16.5. The zero-order valence-electron chi connectivity index (χ0n) is 10.8. The Hall–Kier alpha value is -2.02. The number of ether oxygens (including phenoxy) is 2. The Morgan fingerprint density at radius 2 is 1.83 bits per heavy atom. The second-order valence-electron chi connectivity index (χ2n) is 3.35. The third-order valence-electron chi connectivity index (χ3n) is 1.66. The van der Waals surface area contributed by atoms with E-state index >= 15 is 0 Å². The molecule has 0 N–H and O–H groups in total. The fourth-order valence-electron chi connectivity index (χ4n) is 0.911. The van der Waals surface area contributed by atoms with Crippen LogP contribution in [0.2, 0.25) is 0 Å². The van der Waals surface area contributed by atoms with Gasteiger partial charge in [0.2, 0.25) is 0 Å². The van der Waals surface area contributed by atoms with Crippen molar-refractivity contribution in [1.29, 1.82) is 0 Å². The molecule has 18 heavy (non-hydrogen) atoms. The number of allylic oxidation sites excluding steroid dienone is 3. The Labute approximate surface area is 108 Å². The molecule has 0 rings (SSSR count). The van der Waals surface area contributed by atoms with Crippen molar-refractivity contribution in [2.45, 2.75) is 26.7 Å². The molecule has 98 valence electrons. The van der Waals surface area contributed by atoms with Crippen molar-refractivity contribution in [2.75, 3.05) is 13.2 Å². The fourth-order valence-corrected chi connectivity index (χ4v) is 0.911. The highest BCUT2D eigenvalue weighted by Gasteiger charge is 1.89. The van der Waals surface area contributed by atoms with E-state index in [4.69, 9.17) is 9.47 Å². The van der Waals surface area contributed by atoms with E-state index in [1.807, 2.05) is 0 Å². The lowest BCUT2D eigenvalue weighted by atomic mass is 10.3. The zero-order chi connectivity index (χ0) is 13.6.